The molecule has 0 aromatic rings. The van der Waals surface area contributed by atoms with Gasteiger partial charge in [0.2, 0.25) is 5.91 Å². The molecule has 0 aliphatic carbocycles. The highest BCUT2D eigenvalue weighted by atomic mass is 16.8. The molecule has 3 fully saturated rings. The van der Waals surface area contributed by atoms with Crippen molar-refractivity contribution < 1.29 is 89.4 Å². The van der Waals surface area contributed by atoms with Gasteiger partial charge in [0.15, 0.2) is 18.9 Å². The summed E-state index contributed by atoms with van der Waals surface area (Å²) in [6.45, 7) is 1.65. The molecule has 3 aliphatic rings. The summed E-state index contributed by atoms with van der Waals surface area (Å²) < 4.78 is 34.2. The van der Waals surface area contributed by atoms with Crippen LogP contribution in [-0.4, -0.2) is 193 Å². The molecule has 3 rings (SSSR count). The first-order valence-electron chi connectivity index (χ1n) is 29.9. The van der Waals surface area contributed by atoms with Crippen molar-refractivity contribution in [1.29, 1.82) is 0 Å². The number of ether oxygens (including phenoxy) is 6. The van der Waals surface area contributed by atoms with Crippen LogP contribution in [-0.2, 0) is 33.2 Å². The van der Waals surface area contributed by atoms with Crippen molar-refractivity contribution in [3.8, 4) is 0 Å². The van der Waals surface area contributed by atoms with Gasteiger partial charge in [-0.25, -0.2) is 0 Å². The minimum Gasteiger partial charge on any atom is -0.394 e. The third-order valence-corrected chi connectivity index (χ3v) is 14.8. The van der Waals surface area contributed by atoms with E-state index in [-0.39, 0.29) is 18.9 Å². The molecule has 19 nitrogen and oxygen atoms in total. The fourth-order valence-electron chi connectivity index (χ4n) is 9.88. The zero-order valence-electron chi connectivity index (χ0n) is 47.1. The van der Waals surface area contributed by atoms with Gasteiger partial charge in [0.1, 0.15) is 73.2 Å². The number of amides is 1. The molecule has 19 heteroatoms. The Hall–Kier alpha value is -2.25. The molecular formula is C59H105NO18. The van der Waals surface area contributed by atoms with Gasteiger partial charge in [-0.15, -0.1) is 0 Å². The Bertz CT molecular complexity index is 1620. The predicted octanol–water partition coefficient (Wildman–Crippen LogP) is 5.09. The van der Waals surface area contributed by atoms with Crippen LogP contribution in [0.15, 0.2) is 48.6 Å². The van der Waals surface area contributed by atoms with E-state index in [9.17, 15) is 61.0 Å². The van der Waals surface area contributed by atoms with Gasteiger partial charge in [0.25, 0.3) is 0 Å². The highest BCUT2D eigenvalue weighted by Crippen LogP contribution is 2.33. The maximum absolute atomic E-state index is 13.3. The minimum absolute atomic E-state index is 0.218. The van der Waals surface area contributed by atoms with Gasteiger partial charge in [-0.05, 0) is 64.2 Å². The Kier molecular flexibility index (Phi) is 38.2. The molecule has 1 amide bonds. The van der Waals surface area contributed by atoms with E-state index in [1.54, 1.807) is 6.08 Å². The van der Waals surface area contributed by atoms with Gasteiger partial charge < -0.3 is 89.9 Å². The van der Waals surface area contributed by atoms with Gasteiger partial charge in [-0.2, -0.15) is 0 Å². The highest BCUT2D eigenvalue weighted by Gasteiger charge is 2.53. The minimum atomic E-state index is -1.98. The third-order valence-electron chi connectivity index (χ3n) is 14.8. The topological polar surface area (TPSA) is 307 Å². The molecule has 78 heavy (non-hydrogen) atoms. The first-order chi connectivity index (χ1) is 37.8. The second-order valence-electron chi connectivity index (χ2n) is 21.4. The summed E-state index contributed by atoms with van der Waals surface area (Å²) in [6.07, 6.45) is 19.5. The van der Waals surface area contributed by atoms with Gasteiger partial charge in [-0.3, -0.25) is 4.79 Å². The number of allylic oxidation sites excluding steroid dienone is 7. The van der Waals surface area contributed by atoms with Gasteiger partial charge in [-0.1, -0.05) is 165 Å². The van der Waals surface area contributed by atoms with Gasteiger partial charge in [0.05, 0.1) is 38.6 Å². The average Bonchev–Trinajstić information content (AvgIpc) is 3.47. The fourth-order valence-corrected chi connectivity index (χ4v) is 9.88. The third kappa shape index (κ3) is 26.3. The number of aliphatic hydroxyl groups is 11. The van der Waals surface area contributed by atoms with Crippen LogP contribution in [0.4, 0.5) is 0 Å². The molecule has 0 saturated carbocycles. The van der Waals surface area contributed by atoms with E-state index in [0.717, 1.165) is 64.2 Å². The summed E-state index contributed by atoms with van der Waals surface area (Å²) in [5.74, 6) is -0.301. The second-order valence-corrected chi connectivity index (χ2v) is 21.4. The number of hydrogen-bond donors (Lipinski definition) is 12. The van der Waals surface area contributed by atoms with Crippen molar-refractivity contribution >= 4 is 5.91 Å². The lowest BCUT2D eigenvalue weighted by Gasteiger charge is -2.48. The summed E-state index contributed by atoms with van der Waals surface area (Å²) in [5, 5.41) is 120. The number of aliphatic hydroxyl groups excluding tert-OH is 11. The SMILES string of the molecule is CCCCC/C=C\C/C=C\CCCCCCCC(=O)NC(COC1OC(CO)C(OC2OC(CO)C(OC3OC(CO)C(O)C(O)C3O)C(O)C2O)C(O)C1O)C(O)/C=C/CC/C=C/CCCCCCCCCCCCCC. The van der Waals surface area contributed by atoms with E-state index in [0.29, 0.717) is 12.8 Å². The van der Waals surface area contributed by atoms with Crippen LogP contribution in [0.3, 0.4) is 0 Å². The zero-order chi connectivity index (χ0) is 56.9. The van der Waals surface area contributed by atoms with Crippen molar-refractivity contribution in [3.05, 3.63) is 48.6 Å². The fraction of sp³-hybridized carbons (Fsp3) is 0.847. The maximum Gasteiger partial charge on any atom is 0.220 e. The molecule has 0 spiro atoms. The summed E-state index contributed by atoms with van der Waals surface area (Å²) in [5.41, 5.74) is 0. The van der Waals surface area contributed by atoms with E-state index < -0.39 is 124 Å². The van der Waals surface area contributed by atoms with Crippen molar-refractivity contribution in [3.63, 3.8) is 0 Å². The van der Waals surface area contributed by atoms with E-state index in [1.807, 2.05) is 6.08 Å². The van der Waals surface area contributed by atoms with Gasteiger partial charge >= 0.3 is 0 Å². The molecule has 0 radical (unpaired) electrons. The predicted molar refractivity (Wildman–Crippen MR) is 295 cm³/mol. The lowest BCUT2D eigenvalue weighted by molar-refractivity contribution is -0.379. The summed E-state index contributed by atoms with van der Waals surface area (Å²) in [7, 11) is 0. The first kappa shape index (κ1) is 70.0. The Morgan fingerprint density at radius 3 is 1.38 bits per heavy atom. The van der Waals surface area contributed by atoms with E-state index in [1.165, 1.54) is 89.9 Å². The average molecular weight is 1120 g/mol. The van der Waals surface area contributed by atoms with Crippen molar-refractivity contribution in [2.45, 2.75) is 291 Å². The number of carbonyl (C=O) groups excluding carboxylic acids is 1. The molecule has 17 unspecified atom stereocenters. The Labute approximate surface area is 465 Å². The normalized spacial score (nSPS) is 30.8. The molecule has 3 heterocycles. The molecule has 0 bridgehead atoms. The number of hydrogen-bond acceptors (Lipinski definition) is 18. The first-order valence-corrected chi connectivity index (χ1v) is 29.9. The second kappa shape index (κ2) is 42.6. The molecule has 17 atom stereocenters. The summed E-state index contributed by atoms with van der Waals surface area (Å²) in [4.78, 5) is 13.3. The van der Waals surface area contributed by atoms with Crippen LogP contribution in [0.2, 0.25) is 0 Å². The molecule has 12 N–H and O–H groups in total. The molecule has 454 valence electrons. The molecule has 3 aliphatic heterocycles. The zero-order valence-corrected chi connectivity index (χ0v) is 47.1. The standard InChI is InChI=1S/C59H105NO18/c1-3-5-7-9-11-13-15-17-19-20-21-23-24-26-28-30-32-34-36-43(64)42(60-47(65)37-35-33-31-29-27-25-22-18-16-14-12-10-8-6-4-2)41-73-57-53(71)50(68)55(45(39-62)75-57)78-59-54(72)51(69)56(46(40-63)76-59)77-58-52(70)49(67)48(66)44(38-61)74-58/h12,14,18,22,26,28,34,36,42-46,48-59,61-64,66-72H,3-11,13,15-17,19-21,23-25,27,29-33,35,37-41H2,1-2H3,(H,60,65)/b14-12-,22-18-,28-26+,36-34+. The van der Waals surface area contributed by atoms with Crippen molar-refractivity contribution in [2.75, 3.05) is 26.4 Å². The van der Waals surface area contributed by atoms with Crippen LogP contribution >= 0.6 is 0 Å². The number of carbonyl (C=O) groups is 1. The highest BCUT2D eigenvalue weighted by molar-refractivity contribution is 5.76. The number of rotatable bonds is 43. The van der Waals surface area contributed by atoms with E-state index >= 15 is 0 Å². The van der Waals surface area contributed by atoms with Crippen molar-refractivity contribution in [1.82, 2.24) is 5.32 Å². The molecule has 3 saturated heterocycles. The van der Waals surface area contributed by atoms with Gasteiger partial charge in [0, 0.05) is 6.42 Å². The Balaban J connectivity index is 1.53. The van der Waals surface area contributed by atoms with Crippen LogP contribution in [0.1, 0.15) is 187 Å². The molecular weight excluding hydrogens is 1010 g/mol. The Morgan fingerprint density at radius 1 is 0.462 bits per heavy atom. The maximum atomic E-state index is 13.3. The lowest BCUT2D eigenvalue weighted by atomic mass is 9.96. The monoisotopic (exact) mass is 1120 g/mol. The largest absolute Gasteiger partial charge is 0.394 e. The van der Waals surface area contributed by atoms with Crippen LogP contribution in [0, 0.1) is 0 Å². The van der Waals surface area contributed by atoms with Crippen LogP contribution in [0.5, 0.6) is 0 Å². The van der Waals surface area contributed by atoms with Crippen LogP contribution in [0.25, 0.3) is 0 Å². The van der Waals surface area contributed by atoms with Crippen molar-refractivity contribution in [2.24, 2.45) is 0 Å². The van der Waals surface area contributed by atoms with E-state index in [2.05, 4.69) is 55.6 Å². The number of nitrogens with one attached hydrogen (secondary N) is 1. The number of unbranched alkanes of at least 4 members (excludes halogenated alkanes) is 21. The molecule has 0 aromatic carbocycles. The summed E-state index contributed by atoms with van der Waals surface area (Å²) in [6, 6.07) is -0.997. The smallest absolute Gasteiger partial charge is 0.220 e. The Morgan fingerprint density at radius 2 is 0.859 bits per heavy atom. The lowest BCUT2D eigenvalue weighted by Crippen LogP contribution is -2.66. The quantitative estimate of drug-likeness (QED) is 0.0279. The molecule has 0 aromatic heterocycles. The van der Waals surface area contributed by atoms with Crippen LogP contribution < -0.4 is 5.32 Å². The summed E-state index contributed by atoms with van der Waals surface area (Å²) >= 11 is 0. The van der Waals surface area contributed by atoms with E-state index in [4.69, 9.17) is 28.4 Å².